The minimum atomic E-state index is -0.294. The van der Waals surface area contributed by atoms with Crippen LogP contribution in [0.3, 0.4) is 0 Å². The number of thiazole rings is 1. The average Bonchev–Trinajstić information content (AvgIpc) is 3.10. The van der Waals surface area contributed by atoms with Crippen molar-refractivity contribution in [2.75, 3.05) is 0 Å². The summed E-state index contributed by atoms with van der Waals surface area (Å²) in [5.41, 5.74) is 6.36. The zero-order chi connectivity index (χ0) is 18.6. The van der Waals surface area contributed by atoms with E-state index in [2.05, 4.69) is 25.5 Å². The van der Waals surface area contributed by atoms with E-state index in [0.717, 1.165) is 21.6 Å². The van der Waals surface area contributed by atoms with Crippen LogP contribution in [0.25, 0.3) is 21.6 Å². The number of carbonyl (C=O) groups excluding carboxylic acids is 1. The van der Waals surface area contributed by atoms with E-state index in [4.69, 9.17) is 0 Å². The lowest BCUT2D eigenvalue weighted by atomic mass is 10.2. The summed E-state index contributed by atoms with van der Waals surface area (Å²) < 4.78 is 0. The highest BCUT2D eigenvalue weighted by atomic mass is 32.1. The van der Waals surface area contributed by atoms with Crippen LogP contribution in [-0.4, -0.2) is 27.1 Å². The highest BCUT2D eigenvalue weighted by Gasteiger charge is 2.15. The number of para-hydroxylation sites is 2. The SMILES string of the molecule is Cc1nc(-c2ccccc2)sc1C(=O)N/N=C\c1cnc2ccccc2n1. The molecule has 2 aromatic carbocycles. The lowest BCUT2D eigenvalue weighted by molar-refractivity contribution is 0.0958. The van der Waals surface area contributed by atoms with Gasteiger partial charge in [0, 0.05) is 5.56 Å². The van der Waals surface area contributed by atoms with Crippen molar-refractivity contribution >= 4 is 34.5 Å². The van der Waals surface area contributed by atoms with Crippen molar-refractivity contribution in [2.24, 2.45) is 5.10 Å². The number of aromatic nitrogens is 3. The Morgan fingerprint density at radius 2 is 1.78 bits per heavy atom. The van der Waals surface area contributed by atoms with Gasteiger partial charge in [-0.3, -0.25) is 9.78 Å². The summed E-state index contributed by atoms with van der Waals surface area (Å²) in [7, 11) is 0. The van der Waals surface area contributed by atoms with Crippen LogP contribution in [0.2, 0.25) is 0 Å². The van der Waals surface area contributed by atoms with Crippen molar-refractivity contribution in [1.29, 1.82) is 0 Å². The lowest BCUT2D eigenvalue weighted by Gasteiger charge is -1.98. The predicted molar refractivity (Wildman–Crippen MR) is 107 cm³/mol. The Kier molecular flexibility index (Phi) is 4.67. The molecular weight excluding hydrogens is 358 g/mol. The first-order valence-electron chi connectivity index (χ1n) is 8.29. The topological polar surface area (TPSA) is 80.1 Å². The van der Waals surface area contributed by atoms with Gasteiger partial charge in [0.05, 0.1) is 29.1 Å². The number of hydrogen-bond donors (Lipinski definition) is 1. The Morgan fingerprint density at radius 1 is 1.04 bits per heavy atom. The number of rotatable bonds is 4. The molecule has 1 amide bonds. The van der Waals surface area contributed by atoms with E-state index in [-0.39, 0.29) is 5.91 Å². The van der Waals surface area contributed by atoms with Gasteiger partial charge < -0.3 is 0 Å². The summed E-state index contributed by atoms with van der Waals surface area (Å²) in [4.78, 5) is 26.2. The average molecular weight is 373 g/mol. The predicted octanol–water partition coefficient (Wildman–Crippen LogP) is 3.83. The largest absolute Gasteiger partial charge is 0.283 e. The van der Waals surface area contributed by atoms with Crippen LogP contribution in [0.4, 0.5) is 0 Å². The van der Waals surface area contributed by atoms with Crippen molar-refractivity contribution in [1.82, 2.24) is 20.4 Å². The Morgan fingerprint density at radius 3 is 2.59 bits per heavy atom. The molecule has 132 valence electrons. The van der Waals surface area contributed by atoms with Gasteiger partial charge in [-0.25, -0.2) is 15.4 Å². The number of hydrogen-bond acceptors (Lipinski definition) is 6. The molecule has 0 saturated heterocycles. The zero-order valence-corrected chi connectivity index (χ0v) is 15.3. The van der Waals surface area contributed by atoms with Crippen molar-refractivity contribution in [3.63, 3.8) is 0 Å². The third kappa shape index (κ3) is 3.73. The number of nitrogens with one attached hydrogen (secondary N) is 1. The number of carbonyl (C=O) groups is 1. The third-order valence-corrected chi connectivity index (χ3v) is 5.06. The standard InChI is InChI=1S/C20H15N5OS/c1-13-18(27-20(23-13)14-7-3-2-4-8-14)19(26)25-22-12-15-11-21-16-9-5-6-10-17(16)24-15/h2-12H,1H3,(H,25,26)/b22-12-. The van der Waals surface area contributed by atoms with Gasteiger partial charge in [0.15, 0.2) is 0 Å². The minimum absolute atomic E-state index is 0.294. The highest BCUT2D eigenvalue weighted by Crippen LogP contribution is 2.27. The molecular formula is C20H15N5OS. The zero-order valence-electron chi connectivity index (χ0n) is 14.5. The second kappa shape index (κ2) is 7.43. The van der Waals surface area contributed by atoms with Gasteiger partial charge in [-0.05, 0) is 19.1 Å². The van der Waals surface area contributed by atoms with Crippen LogP contribution in [0, 0.1) is 6.92 Å². The summed E-state index contributed by atoms with van der Waals surface area (Å²) >= 11 is 1.34. The van der Waals surface area contributed by atoms with Crippen LogP contribution in [0.15, 0.2) is 65.9 Å². The third-order valence-electron chi connectivity index (χ3n) is 3.85. The van der Waals surface area contributed by atoms with E-state index in [1.807, 2.05) is 61.5 Å². The first-order valence-corrected chi connectivity index (χ1v) is 9.10. The molecule has 0 fully saturated rings. The van der Waals surface area contributed by atoms with Gasteiger partial charge in [0.2, 0.25) is 0 Å². The van der Waals surface area contributed by atoms with Crippen molar-refractivity contribution in [3.8, 4) is 10.6 Å². The van der Waals surface area contributed by atoms with Gasteiger partial charge in [-0.2, -0.15) is 5.10 Å². The molecule has 6 nitrogen and oxygen atoms in total. The van der Waals surface area contributed by atoms with Crippen LogP contribution in [0.1, 0.15) is 21.1 Å². The monoisotopic (exact) mass is 373 g/mol. The molecule has 0 unspecified atom stereocenters. The molecule has 0 atom stereocenters. The van der Waals surface area contributed by atoms with Crippen molar-refractivity contribution in [2.45, 2.75) is 6.92 Å². The summed E-state index contributed by atoms with van der Waals surface area (Å²) in [5, 5.41) is 4.81. The number of hydrazone groups is 1. The number of amides is 1. The maximum Gasteiger partial charge on any atom is 0.283 e. The maximum atomic E-state index is 12.4. The molecule has 0 aliphatic heterocycles. The van der Waals surface area contributed by atoms with Crippen LogP contribution in [-0.2, 0) is 0 Å². The van der Waals surface area contributed by atoms with Crippen molar-refractivity contribution in [3.05, 3.63) is 77.1 Å². The van der Waals surface area contributed by atoms with E-state index in [1.165, 1.54) is 17.6 Å². The second-order valence-electron chi connectivity index (χ2n) is 5.78. The molecule has 27 heavy (non-hydrogen) atoms. The highest BCUT2D eigenvalue weighted by molar-refractivity contribution is 7.17. The molecule has 0 aliphatic rings. The molecule has 2 aromatic heterocycles. The Balaban J connectivity index is 1.49. The lowest BCUT2D eigenvalue weighted by Crippen LogP contribution is -2.17. The Bertz CT molecular complexity index is 1140. The molecule has 0 radical (unpaired) electrons. The summed E-state index contributed by atoms with van der Waals surface area (Å²) in [5.74, 6) is -0.294. The van der Waals surface area contributed by atoms with Crippen molar-refractivity contribution < 1.29 is 4.79 Å². The first-order chi connectivity index (χ1) is 13.2. The molecule has 0 spiro atoms. The fraction of sp³-hybridized carbons (Fsp3) is 0.0500. The number of aryl methyl sites for hydroxylation is 1. The second-order valence-corrected chi connectivity index (χ2v) is 6.78. The van der Waals surface area contributed by atoms with E-state index in [0.29, 0.717) is 16.3 Å². The maximum absolute atomic E-state index is 12.4. The van der Waals surface area contributed by atoms with Gasteiger partial charge in [0.1, 0.15) is 15.6 Å². The molecule has 2 heterocycles. The quantitative estimate of drug-likeness (QED) is 0.435. The fourth-order valence-electron chi connectivity index (χ4n) is 2.55. The fourth-order valence-corrected chi connectivity index (χ4v) is 3.51. The van der Waals surface area contributed by atoms with Crippen LogP contribution in [0.5, 0.6) is 0 Å². The van der Waals surface area contributed by atoms with Gasteiger partial charge >= 0.3 is 0 Å². The number of benzene rings is 2. The normalized spacial score (nSPS) is 11.1. The molecule has 1 N–H and O–H groups in total. The van der Waals surface area contributed by atoms with Gasteiger partial charge in [0.25, 0.3) is 5.91 Å². The van der Waals surface area contributed by atoms with E-state index in [9.17, 15) is 4.79 Å². The molecule has 0 bridgehead atoms. The van der Waals surface area contributed by atoms with E-state index in [1.54, 1.807) is 6.20 Å². The molecule has 4 rings (SSSR count). The number of nitrogens with zero attached hydrogens (tertiary/aromatic N) is 4. The molecule has 7 heteroatoms. The van der Waals surface area contributed by atoms with Crippen LogP contribution < -0.4 is 5.43 Å². The smallest absolute Gasteiger partial charge is 0.266 e. The molecule has 4 aromatic rings. The summed E-state index contributed by atoms with van der Waals surface area (Å²) in [6.45, 7) is 1.82. The van der Waals surface area contributed by atoms with Gasteiger partial charge in [-0.1, -0.05) is 42.5 Å². The number of fused-ring (bicyclic) bond motifs is 1. The Hall–Kier alpha value is -3.45. The first kappa shape index (κ1) is 17.0. The summed E-state index contributed by atoms with van der Waals surface area (Å²) in [6.07, 6.45) is 3.09. The molecule has 0 saturated carbocycles. The van der Waals surface area contributed by atoms with E-state index >= 15 is 0 Å². The van der Waals surface area contributed by atoms with E-state index < -0.39 is 0 Å². The van der Waals surface area contributed by atoms with Crippen LogP contribution >= 0.6 is 11.3 Å². The minimum Gasteiger partial charge on any atom is -0.266 e. The Labute approximate surface area is 159 Å². The van der Waals surface area contributed by atoms with Gasteiger partial charge in [-0.15, -0.1) is 11.3 Å². The summed E-state index contributed by atoms with van der Waals surface area (Å²) in [6, 6.07) is 17.4. The molecule has 0 aliphatic carbocycles.